The molecule has 4 amide bonds. The number of carbonyl (C=O) groups is 4. The van der Waals surface area contributed by atoms with Crippen LogP contribution in [-0.2, 0) is 25.5 Å². The highest BCUT2D eigenvalue weighted by atomic mass is 35.5. The molecule has 0 saturated carbocycles. The molecule has 4 atom stereocenters. The number of aromatic nitrogens is 1. The van der Waals surface area contributed by atoms with Crippen molar-refractivity contribution < 1.29 is 33.4 Å². The quantitative estimate of drug-likeness (QED) is 0.227. The zero-order valence-electron chi connectivity index (χ0n) is 31.1. The van der Waals surface area contributed by atoms with Crippen LogP contribution >= 0.6 is 11.6 Å². The number of halogens is 1. The first-order chi connectivity index (χ1) is 25.5. The number of nitrogens with zero attached hydrogens (tertiary/aromatic N) is 2. The second-order valence-electron chi connectivity index (χ2n) is 14.9. The number of fused-ring (bicyclic) bond motifs is 2. The van der Waals surface area contributed by atoms with Crippen molar-refractivity contribution in [2.45, 2.75) is 64.5 Å². The lowest BCUT2D eigenvalue weighted by molar-refractivity contribution is -0.140. The second-order valence-corrected chi connectivity index (χ2v) is 15.4. The number of carbonyl (C=O) groups excluding carboxylic acids is 4. The lowest BCUT2D eigenvalue weighted by atomic mass is 9.79. The molecule has 3 aliphatic rings. The van der Waals surface area contributed by atoms with Crippen LogP contribution in [0.15, 0.2) is 42.6 Å². The monoisotopic (exact) mass is 749 g/mol. The van der Waals surface area contributed by atoms with E-state index in [2.05, 4.69) is 15.6 Å². The van der Waals surface area contributed by atoms with E-state index in [0.29, 0.717) is 54.1 Å². The number of benzene rings is 2. The van der Waals surface area contributed by atoms with Gasteiger partial charge in [0.1, 0.15) is 6.04 Å². The first kappa shape index (κ1) is 38.4. The van der Waals surface area contributed by atoms with E-state index in [1.165, 1.54) is 0 Å². The average Bonchev–Trinajstić information content (AvgIpc) is 3.77. The molecule has 53 heavy (non-hydrogen) atoms. The third-order valence-corrected chi connectivity index (χ3v) is 11.3. The molecule has 1 aromatic heterocycles. The SMILES string of the molecule is CNC(=O)[C@@H](CCCC1CCOCC1)NC(=O)C1CN(C(=O)Cc2c[nH]c3cc(Cl)ccc23)CC2CN(C(=O)c3ccc(OC(C)C)c(OC)c3)CC21. The summed E-state index contributed by atoms with van der Waals surface area (Å²) >= 11 is 6.19. The number of ether oxygens (including phenoxy) is 3. The smallest absolute Gasteiger partial charge is 0.254 e. The Kier molecular flexibility index (Phi) is 12.5. The summed E-state index contributed by atoms with van der Waals surface area (Å²) in [5.74, 6) is -0.176. The molecular weight excluding hydrogens is 698 g/mol. The lowest BCUT2D eigenvalue weighted by Crippen LogP contribution is -2.56. The zero-order chi connectivity index (χ0) is 37.6. The number of likely N-dealkylation sites (tertiary alicyclic amines) is 2. The predicted molar refractivity (Wildman–Crippen MR) is 202 cm³/mol. The summed E-state index contributed by atoms with van der Waals surface area (Å²) in [6, 6.07) is 9.98. The molecule has 0 radical (unpaired) electrons. The van der Waals surface area contributed by atoms with Crippen molar-refractivity contribution in [2.24, 2.45) is 23.7 Å². The third kappa shape index (κ3) is 9.09. The zero-order valence-corrected chi connectivity index (χ0v) is 31.9. The Labute approximate surface area is 316 Å². The second kappa shape index (κ2) is 17.2. The van der Waals surface area contributed by atoms with Gasteiger partial charge in [-0.2, -0.15) is 0 Å². The molecule has 4 heterocycles. The number of H-pyrrole nitrogens is 1. The number of hydrogen-bond acceptors (Lipinski definition) is 7. The molecular formula is C40H52ClN5O7. The number of aromatic amines is 1. The van der Waals surface area contributed by atoms with Crippen LogP contribution in [0.3, 0.4) is 0 Å². The number of hydrogen-bond donors (Lipinski definition) is 3. The Morgan fingerprint density at radius 3 is 2.51 bits per heavy atom. The van der Waals surface area contributed by atoms with Crippen LogP contribution in [0.2, 0.25) is 5.02 Å². The maximum atomic E-state index is 14.3. The number of piperidine rings is 1. The summed E-state index contributed by atoms with van der Waals surface area (Å²) in [6.45, 7) is 6.72. The van der Waals surface area contributed by atoms with Gasteiger partial charge < -0.3 is 39.6 Å². The summed E-state index contributed by atoms with van der Waals surface area (Å²) in [7, 11) is 3.12. The minimum Gasteiger partial charge on any atom is -0.493 e. The van der Waals surface area contributed by atoms with Gasteiger partial charge in [0.25, 0.3) is 5.91 Å². The minimum atomic E-state index is -0.701. The molecule has 3 N–H and O–H groups in total. The van der Waals surface area contributed by atoms with E-state index in [-0.39, 0.29) is 54.5 Å². The predicted octanol–water partition coefficient (Wildman–Crippen LogP) is 4.83. The first-order valence-electron chi connectivity index (χ1n) is 18.8. The van der Waals surface area contributed by atoms with Crippen molar-refractivity contribution in [3.8, 4) is 11.5 Å². The van der Waals surface area contributed by atoms with Gasteiger partial charge >= 0.3 is 0 Å². The number of methoxy groups -OCH3 is 1. The number of nitrogens with one attached hydrogen (secondary N) is 3. The Morgan fingerprint density at radius 2 is 1.77 bits per heavy atom. The number of amides is 4. The van der Waals surface area contributed by atoms with Crippen molar-refractivity contribution in [1.29, 1.82) is 0 Å². The molecule has 286 valence electrons. The van der Waals surface area contributed by atoms with E-state index in [0.717, 1.165) is 55.4 Å². The lowest BCUT2D eigenvalue weighted by Gasteiger charge is -2.40. The molecule has 0 spiro atoms. The van der Waals surface area contributed by atoms with Crippen molar-refractivity contribution >= 4 is 46.1 Å². The van der Waals surface area contributed by atoms with Crippen molar-refractivity contribution in [2.75, 3.05) is 53.6 Å². The van der Waals surface area contributed by atoms with Crippen LogP contribution in [0.25, 0.3) is 10.9 Å². The Morgan fingerprint density at radius 1 is 1.00 bits per heavy atom. The van der Waals surface area contributed by atoms with Crippen LogP contribution in [0.4, 0.5) is 0 Å². The third-order valence-electron chi connectivity index (χ3n) is 11.0. The van der Waals surface area contributed by atoms with Crippen LogP contribution in [0.1, 0.15) is 61.9 Å². The van der Waals surface area contributed by atoms with Gasteiger partial charge in [0.05, 0.1) is 25.6 Å². The molecule has 3 unspecified atom stereocenters. The standard InChI is InChI=1S/C40H52ClN5O7/c1-24(2)53-35-11-8-26(16-36(35)51-4)40(50)46-21-28-20-45(37(47)17-27-19-43-34-18-29(41)9-10-30(27)34)23-32(31(28)22-46)38(48)44-33(39(49)42-3)7-5-6-25-12-14-52-15-13-25/h8-11,16,18-19,24-25,28,31-33,43H,5-7,12-15,17,20-23H2,1-4H3,(H,42,49)(H,44,48)/t28?,31?,32?,33-/m1/s1. The molecule has 3 saturated heterocycles. The normalized spacial score (nSPS) is 21.0. The van der Waals surface area contributed by atoms with Crippen molar-refractivity contribution in [1.82, 2.24) is 25.4 Å². The summed E-state index contributed by atoms with van der Waals surface area (Å²) in [6.07, 6.45) is 6.21. The van der Waals surface area contributed by atoms with Gasteiger partial charge in [-0.25, -0.2) is 0 Å². The van der Waals surface area contributed by atoms with E-state index >= 15 is 0 Å². The molecule has 0 aliphatic carbocycles. The highest BCUT2D eigenvalue weighted by Crippen LogP contribution is 2.38. The molecule has 6 rings (SSSR count). The van der Waals surface area contributed by atoms with Gasteiger partial charge in [0.2, 0.25) is 17.7 Å². The molecule has 3 aliphatic heterocycles. The fourth-order valence-corrected chi connectivity index (χ4v) is 8.38. The summed E-state index contributed by atoms with van der Waals surface area (Å²) in [5.41, 5.74) is 2.14. The summed E-state index contributed by atoms with van der Waals surface area (Å²) < 4.78 is 16.9. The van der Waals surface area contributed by atoms with Gasteiger partial charge in [-0.1, -0.05) is 30.5 Å². The molecule has 2 aromatic carbocycles. The number of likely N-dealkylation sites (N-methyl/N-ethyl adjacent to an activating group) is 1. The molecule has 13 heteroatoms. The highest BCUT2D eigenvalue weighted by Gasteiger charge is 2.48. The summed E-state index contributed by atoms with van der Waals surface area (Å²) in [5, 5.41) is 7.31. The van der Waals surface area contributed by atoms with Gasteiger partial charge in [-0.3, -0.25) is 19.2 Å². The summed E-state index contributed by atoms with van der Waals surface area (Å²) in [4.78, 5) is 62.0. The van der Waals surface area contributed by atoms with Gasteiger partial charge in [-0.05, 0) is 86.8 Å². The van der Waals surface area contributed by atoms with Gasteiger partial charge in [-0.15, -0.1) is 0 Å². The van der Waals surface area contributed by atoms with Crippen LogP contribution in [0.5, 0.6) is 11.5 Å². The molecule has 3 aromatic rings. The highest BCUT2D eigenvalue weighted by molar-refractivity contribution is 6.31. The van der Waals surface area contributed by atoms with Crippen LogP contribution in [-0.4, -0.2) is 104 Å². The van der Waals surface area contributed by atoms with E-state index < -0.39 is 12.0 Å². The van der Waals surface area contributed by atoms with E-state index in [1.54, 1.807) is 48.2 Å². The fourth-order valence-electron chi connectivity index (χ4n) is 8.20. The van der Waals surface area contributed by atoms with Gasteiger partial charge in [0, 0.05) is 74.1 Å². The Bertz CT molecular complexity index is 1790. The Hall–Kier alpha value is -4.29. The first-order valence-corrected chi connectivity index (χ1v) is 19.2. The van der Waals surface area contributed by atoms with Crippen molar-refractivity contribution in [3.63, 3.8) is 0 Å². The number of rotatable bonds is 13. The maximum absolute atomic E-state index is 14.3. The van der Waals surface area contributed by atoms with E-state index in [4.69, 9.17) is 25.8 Å². The molecule has 12 nitrogen and oxygen atoms in total. The topological polar surface area (TPSA) is 142 Å². The van der Waals surface area contributed by atoms with Crippen LogP contribution in [0, 0.1) is 23.7 Å². The molecule has 3 fully saturated rings. The van der Waals surface area contributed by atoms with E-state index in [9.17, 15) is 19.2 Å². The average molecular weight is 750 g/mol. The minimum absolute atomic E-state index is 0.0645. The van der Waals surface area contributed by atoms with Crippen molar-refractivity contribution in [3.05, 3.63) is 58.7 Å². The largest absolute Gasteiger partial charge is 0.493 e. The fraction of sp³-hybridized carbons (Fsp3) is 0.550. The Balaban J connectivity index is 1.21. The van der Waals surface area contributed by atoms with E-state index in [1.807, 2.05) is 32.2 Å². The maximum Gasteiger partial charge on any atom is 0.254 e. The molecule has 0 bridgehead atoms. The van der Waals surface area contributed by atoms with Crippen LogP contribution < -0.4 is 20.1 Å². The van der Waals surface area contributed by atoms with Gasteiger partial charge in [0.15, 0.2) is 11.5 Å².